The number of ether oxygens (including phenoxy) is 3. The van der Waals surface area contributed by atoms with Gasteiger partial charge in [0, 0.05) is 19.3 Å². The van der Waals surface area contributed by atoms with E-state index in [9.17, 15) is 14.4 Å². The van der Waals surface area contributed by atoms with E-state index >= 15 is 0 Å². The first-order chi connectivity index (χ1) is 36.5. The van der Waals surface area contributed by atoms with Gasteiger partial charge < -0.3 is 14.2 Å². The molecule has 0 rings (SSSR count). The molecule has 1 atom stereocenters. The minimum Gasteiger partial charge on any atom is -0.462 e. The average molecular weight is 1020 g/mol. The highest BCUT2D eigenvalue weighted by Crippen LogP contribution is 2.12. The second-order valence-electron chi connectivity index (χ2n) is 18.5. The van der Waals surface area contributed by atoms with E-state index in [0.717, 1.165) is 154 Å². The van der Waals surface area contributed by atoms with Crippen molar-refractivity contribution in [1.29, 1.82) is 0 Å². The molecule has 0 aliphatic heterocycles. The summed E-state index contributed by atoms with van der Waals surface area (Å²) in [4.78, 5) is 38.2. The fraction of sp³-hybridized carbons (Fsp3) is 0.544. The smallest absolute Gasteiger partial charge is 0.306 e. The van der Waals surface area contributed by atoms with E-state index in [2.05, 4.69) is 191 Å². The molecule has 0 saturated carbocycles. The number of hydrogen-bond donors (Lipinski definition) is 0. The number of carbonyl (C=O) groups excluding carboxylic acids is 3. The maximum atomic E-state index is 12.9. The molecule has 1 unspecified atom stereocenters. The zero-order chi connectivity index (χ0) is 53.6. The van der Waals surface area contributed by atoms with Crippen LogP contribution in [0.4, 0.5) is 0 Å². The van der Waals surface area contributed by atoms with Gasteiger partial charge in [0.25, 0.3) is 0 Å². The third kappa shape index (κ3) is 57.7. The van der Waals surface area contributed by atoms with Gasteiger partial charge >= 0.3 is 17.9 Å². The molecule has 0 aliphatic carbocycles. The molecule has 6 heteroatoms. The summed E-state index contributed by atoms with van der Waals surface area (Å²) in [6, 6.07) is 0. The highest BCUT2D eigenvalue weighted by Gasteiger charge is 2.19. The highest BCUT2D eigenvalue weighted by atomic mass is 16.6. The van der Waals surface area contributed by atoms with Crippen LogP contribution in [0.25, 0.3) is 0 Å². The second kappa shape index (κ2) is 60.3. The van der Waals surface area contributed by atoms with E-state index < -0.39 is 6.10 Å². The van der Waals surface area contributed by atoms with Crippen LogP contribution in [-0.2, 0) is 28.6 Å². The summed E-state index contributed by atoms with van der Waals surface area (Å²) in [5, 5.41) is 0. The molecule has 0 N–H and O–H groups in total. The predicted octanol–water partition coefficient (Wildman–Crippen LogP) is 19.9. The zero-order valence-corrected chi connectivity index (χ0v) is 47.0. The summed E-state index contributed by atoms with van der Waals surface area (Å²) in [5.74, 6) is -1.02. The monoisotopic (exact) mass is 1020 g/mol. The van der Waals surface area contributed by atoms with E-state index in [0.29, 0.717) is 19.3 Å². The summed E-state index contributed by atoms with van der Waals surface area (Å²) < 4.78 is 16.8. The molecule has 0 bridgehead atoms. The fourth-order valence-electron chi connectivity index (χ4n) is 7.21. The number of carbonyl (C=O) groups is 3. The topological polar surface area (TPSA) is 78.9 Å². The number of unbranched alkanes of at least 4 members (excludes halogenated alkanes) is 14. The van der Waals surface area contributed by atoms with E-state index in [-0.39, 0.29) is 37.5 Å². The molecule has 0 aromatic carbocycles. The van der Waals surface area contributed by atoms with Crippen molar-refractivity contribution in [3.63, 3.8) is 0 Å². The van der Waals surface area contributed by atoms with Crippen LogP contribution in [-0.4, -0.2) is 37.2 Å². The Morgan fingerprint density at radius 3 is 0.959 bits per heavy atom. The van der Waals surface area contributed by atoms with Crippen molar-refractivity contribution in [3.05, 3.63) is 170 Å². The van der Waals surface area contributed by atoms with Crippen LogP contribution in [0.1, 0.15) is 220 Å². The lowest BCUT2D eigenvalue weighted by atomic mass is 10.1. The molecule has 0 aliphatic rings. The van der Waals surface area contributed by atoms with Gasteiger partial charge in [0.05, 0.1) is 0 Å². The third-order valence-corrected chi connectivity index (χ3v) is 11.5. The van der Waals surface area contributed by atoms with Crippen molar-refractivity contribution in [2.24, 2.45) is 0 Å². The van der Waals surface area contributed by atoms with Gasteiger partial charge in [0.15, 0.2) is 6.10 Å². The molecule has 0 saturated heterocycles. The van der Waals surface area contributed by atoms with Gasteiger partial charge in [-0.1, -0.05) is 236 Å². The van der Waals surface area contributed by atoms with Crippen molar-refractivity contribution >= 4 is 17.9 Å². The molecule has 0 aromatic heterocycles. The molecule has 6 nitrogen and oxygen atoms in total. The van der Waals surface area contributed by atoms with Crippen molar-refractivity contribution < 1.29 is 28.6 Å². The van der Waals surface area contributed by atoms with Gasteiger partial charge in [0.1, 0.15) is 13.2 Å². The molecule has 412 valence electrons. The first-order valence-electron chi connectivity index (χ1n) is 29.2. The predicted molar refractivity (Wildman–Crippen MR) is 320 cm³/mol. The summed E-state index contributed by atoms with van der Waals surface area (Å²) in [6.07, 6.45) is 89.0. The first-order valence-corrected chi connectivity index (χ1v) is 29.2. The van der Waals surface area contributed by atoms with Crippen LogP contribution in [0.2, 0.25) is 0 Å². The van der Waals surface area contributed by atoms with Gasteiger partial charge in [0.2, 0.25) is 0 Å². The summed E-state index contributed by atoms with van der Waals surface area (Å²) >= 11 is 0. The Hall–Kier alpha value is -5.23. The van der Waals surface area contributed by atoms with Crippen LogP contribution in [0.5, 0.6) is 0 Å². The Morgan fingerprint density at radius 2 is 0.581 bits per heavy atom. The Kier molecular flexibility index (Phi) is 56.1. The molecule has 0 heterocycles. The lowest BCUT2D eigenvalue weighted by Crippen LogP contribution is -2.30. The van der Waals surface area contributed by atoms with Crippen LogP contribution in [0.15, 0.2) is 170 Å². The molecule has 0 spiro atoms. The third-order valence-electron chi connectivity index (χ3n) is 11.5. The van der Waals surface area contributed by atoms with Gasteiger partial charge in [-0.15, -0.1) is 0 Å². The minimum absolute atomic E-state index is 0.124. The Labute approximate surface area is 453 Å². The highest BCUT2D eigenvalue weighted by molar-refractivity contribution is 5.71. The fourth-order valence-corrected chi connectivity index (χ4v) is 7.21. The molecular formula is C68H104O6. The normalized spacial score (nSPS) is 13.4. The molecule has 0 amide bonds. The van der Waals surface area contributed by atoms with E-state index in [1.807, 2.05) is 0 Å². The quantitative estimate of drug-likeness (QED) is 0.0199. The Balaban J connectivity index is 4.61. The average Bonchev–Trinajstić information content (AvgIpc) is 3.40. The Bertz CT molecular complexity index is 1740. The van der Waals surface area contributed by atoms with Crippen molar-refractivity contribution in [2.75, 3.05) is 13.2 Å². The summed E-state index contributed by atoms with van der Waals surface area (Å²) in [5.41, 5.74) is 0. The molecule has 74 heavy (non-hydrogen) atoms. The number of esters is 3. The van der Waals surface area contributed by atoms with Crippen molar-refractivity contribution in [2.45, 2.75) is 226 Å². The lowest BCUT2D eigenvalue weighted by Gasteiger charge is -2.18. The van der Waals surface area contributed by atoms with E-state index in [4.69, 9.17) is 14.2 Å². The number of rotatable bonds is 50. The van der Waals surface area contributed by atoms with Gasteiger partial charge in [-0.25, -0.2) is 0 Å². The van der Waals surface area contributed by atoms with Crippen LogP contribution >= 0.6 is 0 Å². The van der Waals surface area contributed by atoms with Gasteiger partial charge in [-0.05, 0) is 135 Å². The lowest BCUT2D eigenvalue weighted by molar-refractivity contribution is -0.167. The first kappa shape index (κ1) is 68.8. The largest absolute Gasteiger partial charge is 0.462 e. The summed E-state index contributed by atoms with van der Waals surface area (Å²) in [6.45, 7) is 6.28. The molecular weight excluding hydrogens is 913 g/mol. The molecule has 0 aromatic rings. The second-order valence-corrected chi connectivity index (χ2v) is 18.5. The van der Waals surface area contributed by atoms with Crippen molar-refractivity contribution in [1.82, 2.24) is 0 Å². The van der Waals surface area contributed by atoms with Gasteiger partial charge in [-0.3, -0.25) is 14.4 Å². The SMILES string of the molecule is CC/C=C\C/C=C\C/C=C\C/C=C\C/C=C\CCCCCC(=O)OCC(COC(=O)CCCCCCC\C=C/C=C\C=C/C=C\CCCCC)OC(=O)CCCCC/C=C\C/C=C\C/C=C\C/C=C\C/C=C\CC. The van der Waals surface area contributed by atoms with E-state index in [1.54, 1.807) is 0 Å². The maximum absolute atomic E-state index is 12.9. The minimum atomic E-state index is -0.830. The van der Waals surface area contributed by atoms with Gasteiger partial charge in [-0.2, -0.15) is 0 Å². The van der Waals surface area contributed by atoms with Crippen LogP contribution in [0.3, 0.4) is 0 Å². The molecule has 0 radical (unpaired) electrons. The van der Waals surface area contributed by atoms with Crippen LogP contribution in [0, 0.1) is 0 Å². The van der Waals surface area contributed by atoms with E-state index in [1.165, 1.54) is 19.3 Å². The maximum Gasteiger partial charge on any atom is 0.306 e. The number of hydrogen-bond acceptors (Lipinski definition) is 6. The zero-order valence-electron chi connectivity index (χ0n) is 47.0. The van der Waals surface area contributed by atoms with Crippen molar-refractivity contribution in [3.8, 4) is 0 Å². The van der Waals surface area contributed by atoms with Crippen LogP contribution < -0.4 is 0 Å². The number of allylic oxidation sites excluding steroid dienone is 28. The molecule has 0 fully saturated rings. The summed E-state index contributed by atoms with van der Waals surface area (Å²) in [7, 11) is 0. The Morgan fingerprint density at radius 1 is 0.297 bits per heavy atom. The standard InChI is InChI=1S/C68H104O6/c1-4-7-10-13-16-19-22-25-28-31-34-37-40-43-46-49-52-55-58-61-67(70)73-64-65(63-72-66(69)60-57-54-51-48-45-42-39-36-33-30-27-24-21-18-15-12-9-6-3)74-68(71)62-59-56-53-50-47-44-41-38-35-32-29-26-23-20-17-14-11-8-5-2/h7-8,10-11,16-21,24-30,33-39,43-44,46-47,65H,4-6,9,12-15,22-23,31-32,40-42,45,48-64H2,1-3H3/b10-7-,11-8-,19-16-,20-17-,21-18-,27-24-,28-25-,29-26-,33-30-,37-34-,38-35-,39-36-,46-43-,47-44-.